The van der Waals surface area contributed by atoms with E-state index in [1.807, 2.05) is 13.0 Å². The van der Waals surface area contributed by atoms with Crippen LogP contribution in [-0.4, -0.2) is 28.7 Å². The van der Waals surface area contributed by atoms with E-state index in [9.17, 15) is 9.18 Å². The van der Waals surface area contributed by atoms with E-state index in [0.717, 1.165) is 28.0 Å². The van der Waals surface area contributed by atoms with Crippen molar-refractivity contribution < 1.29 is 13.9 Å². The number of imidazole rings is 1. The third kappa shape index (κ3) is 3.39. The minimum Gasteiger partial charge on any atom is -0.381 e. The number of hydrogen-bond acceptors (Lipinski definition) is 3. The topological polar surface area (TPSA) is 56.1 Å². The molecule has 1 aromatic heterocycles. The maximum Gasteiger partial charge on any atom is 0.231 e. The minimum atomic E-state index is -0.755. The summed E-state index contributed by atoms with van der Waals surface area (Å²) in [6.07, 6.45) is 3.53. The molecule has 0 spiro atoms. The molecule has 1 aliphatic heterocycles. The molecule has 156 valence electrons. The molecule has 1 aliphatic carbocycles. The van der Waals surface area contributed by atoms with Crippen molar-refractivity contribution in [1.82, 2.24) is 14.9 Å². The third-order valence-electron chi connectivity index (χ3n) is 6.45. The number of aromatic nitrogens is 2. The van der Waals surface area contributed by atoms with Gasteiger partial charge in [0.25, 0.3) is 0 Å². The van der Waals surface area contributed by atoms with Gasteiger partial charge in [0, 0.05) is 25.8 Å². The Balaban J connectivity index is 1.37. The van der Waals surface area contributed by atoms with Crippen molar-refractivity contribution in [3.8, 4) is 0 Å². The van der Waals surface area contributed by atoms with E-state index in [-0.39, 0.29) is 11.7 Å². The van der Waals surface area contributed by atoms with Crippen molar-refractivity contribution in [3.63, 3.8) is 0 Å². The Kier molecular flexibility index (Phi) is 4.82. The van der Waals surface area contributed by atoms with Crippen LogP contribution in [0.1, 0.15) is 48.7 Å². The van der Waals surface area contributed by atoms with Gasteiger partial charge in [-0.15, -0.1) is 0 Å². The van der Waals surface area contributed by atoms with Crippen LogP contribution in [0.2, 0.25) is 0 Å². The van der Waals surface area contributed by atoms with Gasteiger partial charge in [-0.1, -0.05) is 18.2 Å². The van der Waals surface area contributed by atoms with Crippen LogP contribution < -0.4 is 5.32 Å². The molecule has 2 aromatic carbocycles. The van der Waals surface area contributed by atoms with Crippen LogP contribution in [0.15, 0.2) is 42.5 Å². The van der Waals surface area contributed by atoms with Gasteiger partial charge in [-0.05, 0) is 68.0 Å². The van der Waals surface area contributed by atoms with E-state index < -0.39 is 5.41 Å². The van der Waals surface area contributed by atoms with Crippen LogP contribution in [0, 0.1) is 12.7 Å². The summed E-state index contributed by atoms with van der Waals surface area (Å²) in [5.74, 6) is 0.648. The molecule has 0 unspecified atom stereocenters. The molecule has 30 heavy (non-hydrogen) atoms. The first kappa shape index (κ1) is 19.2. The fourth-order valence-electron chi connectivity index (χ4n) is 4.67. The lowest BCUT2D eigenvalue weighted by atomic mass is 9.73. The lowest BCUT2D eigenvalue weighted by Gasteiger charge is -2.36. The number of carbonyl (C=O) groups excluding carboxylic acids is 1. The molecular weight excluding hydrogens is 381 g/mol. The summed E-state index contributed by atoms with van der Waals surface area (Å²) >= 11 is 0. The number of amides is 1. The van der Waals surface area contributed by atoms with Gasteiger partial charge < -0.3 is 14.6 Å². The monoisotopic (exact) mass is 407 g/mol. The Hall–Kier alpha value is -2.73. The van der Waals surface area contributed by atoms with Gasteiger partial charge in [0.1, 0.15) is 11.6 Å². The van der Waals surface area contributed by atoms with Gasteiger partial charge >= 0.3 is 0 Å². The minimum absolute atomic E-state index is 0.0730. The molecule has 5 nitrogen and oxygen atoms in total. The Morgan fingerprint density at radius 3 is 2.77 bits per heavy atom. The summed E-state index contributed by atoms with van der Waals surface area (Å²) < 4.78 is 21.7. The third-order valence-corrected chi connectivity index (χ3v) is 6.45. The van der Waals surface area contributed by atoms with Crippen molar-refractivity contribution in [3.05, 3.63) is 65.2 Å². The lowest BCUT2D eigenvalue weighted by Crippen LogP contribution is -2.47. The average molecular weight is 407 g/mol. The molecular formula is C24H26FN3O2. The molecule has 3 aromatic rings. The van der Waals surface area contributed by atoms with Gasteiger partial charge in [-0.3, -0.25) is 4.79 Å². The molecule has 0 radical (unpaired) electrons. The van der Waals surface area contributed by atoms with Crippen molar-refractivity contribution in [2.75, 3.05) is 13.2 Å². The van der Waals surface area contributed by atoms with Crippen molar-refractivity contribution in [2.24, 2.45) is 0 Å². The second-order valence-corrected chi connectivity index (χ2v) is 8.47. The molecule has 1 N–H and O–H groups in total. The quantitative estimate of drug-likeness (QED) is 0.690. The zero-order valence-electron chi connectivity index (χ0n) is 17.2. The fourth-order valence-corrected chi connectivity index (χ4v) is 4.67. The van der Waals surface area contributed by atoms with Gasteiger partial charge in [0.15, 0.2) is 0 Å². The average Bonchev–Trinajstić information content (AvgIpc) is 3.54. The summed E-state index contributed by atoms with van der Waals surface area (Å²) in [4.78, 5) is 18.0. The number of halogens is 1. The molecule has 6 heteroatoms. The van der Waals surface area contributed by atoms with Gasteiger partial charge in [0.2, 0.25) is 5.91 Å². The van der Waals surface area contributed by atoms with Crippen LogP contribution >= 0.6 is 0 Å². The zero-order chi connectivity index (χ0) is 20.7. The summed E-state index contributed by atoms with van der Waals surface area (Å²) in [6, 6.07) is 13.2. The Morgan fingerprint density at radius 1 is 1.23 bits per heavy atom. The van der Waals surface area contributed by atoms with Gasteiger partial charge in [0.05, 0.1) is 16.4 Å². The van der Waals surface area contributed by atoms with Crippen LogP contribution in [-0.2, 0) is 21.5 Å². The fraction of sp³-hybridized carbons (Fsp3) is 0.417. The molecule has 2 aliphatic rings. The smallest absolute Gasteiger partial charge is 0.231 e. The van der Waals surface area contributed by atoms with Crippen molar-refractivity contribution in [1.29, 1.82) is 0 Å². The number of nitrogens with zero attached hydrogens (tertiary/aromatic N) is 2. The highest BCUT2D eigenvalue weighted by Crippen LogP contribution is 2.39. The van der Waals surface area contributed by atoms with Crippen LogP contribution in [0.4, 0.5) is 4.39 Å². The second-order valence-electron chi connectivity index (χ2n) is 8.47. The first-order chi connectivity index (χ1) is 14.6. The normalized spacial score (nSPS) is 18.5. The highest BCUT2D eigenvalue weighted by Gasteiger charge is 2.41. The van der Waals surface area contributed by atoms with Crippen molar-refractivity contribution in [2.45, 2.75) is 50.6 Å². The van der Waals surface area contributed by atoms with E-state index in [1.165, 1.54) is 25.0 Å². The molecule has 1 amide bonds. The maximum atomic E-state index is 13.9. The van der Waals surface area contributed by atoms with Crippen molar-refractivity contribution >= 4 is 16.9 Å². The number of carbonyl (C=O) groups is 1. The molecule has 0 atom stereocenters. The van der Waals surface area contributed by atoms with E-state index in [0.29, 0.717) is 38.6 Å². The lowest BCUT2D eigenvalue weighted by molar-refractivity contribution is -0.130. The molecule has 5 rings (SSSR count). The highest BCUT2D eigenvalue weighted by atomic mass is 19.1. The highest BCUT2D eigenvalue weighted by molar-refractivity contribution is 5.88. The first-order valence-electron chi connectivity index (χ1n) is 10.7. The summed E-state index contributed by atoms with van der Waals surface area (Å²) in [5.41, 5.74) is 3.10. The largest absolute Gasteiger partial charge is 0.381 e. The number of fused-ring (bicyclic) bond motifs is 1. The standard InChI is InChI=1S/C24H26FN3O2/c1-16-27-21-13-17(5-8-22(21)28(16)20-6-7-20)15-26-23(29)24(9-11-30-12-10-24)18-3-2-4-19(25)14-18/h2-5,8,13-14,20H,6-7,9-12,15H2,1H3,(H,26,29). The Morgan fingerprint density at radius 2 is 2.03 bits per heavy atom. The maximum absolute atomic E-state index is 13.9. The first-order valence-corrected chi connectivity index (χ1v) is 10.7. The number of aryl methyl sites for hydroxylation is 1. The molecule has 0 bridgehead atoms. The van der Waals surface area contributed by atoms with Crippen LogP contribution in [0.3, 0.4) is 0 Å². The molecule has 1 saturated carbocycles. The Bertz CT molecular complexity index is 1100. The number of ether oxygens (including phenoxy) is 1. The second kappa shape index (κ2) is 7.51. The summed E-state index contributed by atoms with van der Waals surface area (Å²) in [6.45, 7) is 3.46. The summed E-state index contributed by atoms with van der Waals surface area (Å²) in [5, 5.41) is 3.10. The number of nitrogens with one attached hydrogen (secondary N) is 1. The van der Waals surface area contributed by atoms with Crippen LogP contribution in [0.25, 0.3) is 11.0 Å². The van der Waals surface area contributed by atoms with E-state index >= 15 is 0 Å². The molecule has 2 heterocycles. The van der Waals surface area contributed by atoms with Gasteiger partial charge in [-0.2, -0.15) is 0 Å². The van der Waals surface area contributed by atoms with E-state index in [2.05, 4.69) is 28.1 Å². The van der Waals surface area contributed by atoms with Gasteiger partial charge in [-0.25, -0.2) is 9.37 Å². The molecule has 2 fully saturated rings. The zero-order valence-corrected chi connectivity index (χ0v) is 17.2. The van der Waals surface area contributed by atoms with E-state index in [4.69, 9.17) is 9.72 Å². The number of hydrogen-bond donors (Lipinski definition) is 1. The number of rotatable bonds is 5. The summed E-state index contributed by atoms with van der Waals surface area (Å²) in [7, 11) is 0. The Labute approximate surface area is 175 Å². The SMILES string of the molecule is Cc1nc2cc(CNC(=O)C3(c4cccc(F)c4)CCOCC3)ccc2n1C1CC1. The number of benzene rings is 2. The molecule has 1 saturated heterocycles. The van der Waals surface area contributed by atoms with Crippen LogP contribution in [0.5, 0.6) is 0 Å². The van der Waals surface area contributed by atoms with E-state index in [1.54, 1.807) is 6.07 Å². The predicted molar refractivity (Wildman–Crippen MR) is 113 cm³/mol. The predicted octanol–water partition coefficient (Wildman–Crippen LogP) is 4.18.